The van der Waals surface area contributed by atoms with Crippen LogP contribution < -0.4 is 10.3 Å². The van der Waals surface area contributed by atoms with Gasteiger partial charge in [0.15, 0.2) is 12.4 Å². The Morgan fingerprint density at radius 2 is 1.95 bits per heavy atom. The van der Waals surface area contributed by atoms with E-state index in [1.165, 1.54) is 5.56 Å². The van der Waals surface area contributed by atoms with E-state index in [-0.39, 0.29) is 5.75 Å². The quantitative estimate of drug-likeness (QED) is 0.614. The lowest BCUT2D eigenvalue weighted by Gasteiger charge is -2.07. The van der Waals surface area contributed by atoms with Crippen molar-refractivity contribution in [2.24, 2.45) is 0 Å². The Kier molecular flexibility index (Phi) is 8.84. The largest absolute Gasteiger partial charge is 0.748 e. The summed E-state index contributed by atoms with van der Waals surface area (Å²) in [4.78, 5) is 2.89. The van der Waals surface area contributed by atoms with Gasteiger partial charge in [-0.3, -0.25) is 0 Å². The van der Waals surface area contributed by atoms with Crippen LogP contribution in [0.2, 0.25) is 0 Å². The molecule has 0 saturated heterocycles. The third-order valence-electron chi connectivity index (χ3n) is 2.53. The van der Waals surface area contributed by atoms with Crippen LogP contribution >= 0.6 is 11.3 Å². The van der Waals surface area contributed by atoms with Gasteiger partial charge in [-0.25, -0.2) is 13.4 Å². The number of aromatic amines is 1. The van der Waals surface area contributed by atoms with Crippen LogP contribution in [-0.2, 0) is 16.5 Å². The number of hydrogen-bond acceptors (Lipinski definition) is 5. The fourth-order valence-electron chi connectivity index (χ4n) is 1.51. The second-order valence-corrected chi connectivity index (χ2v) is 6.63. The summed E-state index contributed by atoms with van der Waals surface area (Å²) in [7, 11) is -4.04. The molecule has 0 saturated carbocycles. The molecule has 0 aliphatic rings. The van der Waals surface area contributed by atoms with Gasteiger partial charge in [0.25, 0.3) is 0 Å². The van der Waals surface area contributed by atoms with Gasteiger partial charge >= 0.3 is 0 Å². The Morgan fingerprint density at radius 3 is 2.43 bits per heavy atom. The topological polar surface area (TPSA) is 83.4 Å². The molecule has 0 aliphatic carbocycles. The standard InChI is InChI=1S/C9H15NO3S2.C5H5N/c11-15(12,13)7-1-4-10-5-2-9-3-6-14-8-9;1-2-4-6-5-3-1/h3,6,8,10H,1-2,4-5,7H2,(H,11,12,13);1-5H. The minimum atomic E-state index is -4.04. The molecule has 0 aromatic carbocycles. The molecule has 0 aliphatic heterocycles. The Labute approximate surface area is 129 Å². The molecule has 0 atom stereocenters. The molecule has 2 N–H and O–H groups in total. The highest BCUT2D eigenvalue weighted by Gasteiger charge is 1.95. The van der Waals surface area contributed by atoms with Crippen LogP contribution in [-0.4, -0.2) is 31.8 Å². The fourth-order valence-corrected chi connectivity index (χ4v) is 2.71. The van der Waals surface area contributed by atoms with Gasteiger partial charge in [-0.05, 0) is 48.3 Å². The van der Waals surface area contributed by atoms with Gasteiger partial charge in [0.05, 0.1) is 10.1 Å². The number of nitrogens with one attached hydrogen (secondary N) is 2. The Balaban J connectivity index is 0.000000304. The summed E-state index contributed by atoms with van der Waals surface area (Å²) in [6, 6.07) is 7.92. The first-order valence-corrected chi connectivity index (χ1v) is 9.16. The van der Waals surface area contributed by atoms with E-state index in [0.717, 1.165) is 13.0 Å². The molecular weight excluding hydrogens is 308 g/mol. The molecule has 0 fully saturated rings. The summed E-state index contributed by atoms with van der Waals surface area (Å²) in [5, 5.41) is 7.21. The second kappa shape index (κ2) is 10.4. The first-order valence-electron chi connectivity index (χ1n) is 6.64. The van der Waals surface area contributed by atoms with Gasteiger partial charge in [-0.2, -0.15) is 11.3 Å². The SMILES string of the molecule is O=S(=O)([O-])CCCNCCc1ccsc1.c1cc[nH+]cc1. The average molecular weight is 328 g/mol. The van der Waals surface area contributed by atoms with E-state index in [1.54, 1.807) is 11.3 Å². The van der Waals surface area contributed by atoms with Crippen molar-refractivity contribution in [2.75, 3.05) is 18.8 Å². The van der Waals surface area contributed by atoms with E-state index in [2.05, 4.69) is 21.7 Å². The van der Waals surface area contributed by atoms with Crippen LogP contribution in [0, 0.1) is 0 Å². The third-order valence-corrected chi connectivity index (χ3v) is 4.05. The monoisotopic (exact) mass is 328 g/mol. The highest BCUT2D eigenvalue weighted by Crippen LogP contribution is 2.05. The molecule has 2 heterocycles. The van der Waals surface area contributed by atoms with Gasteiger partial charge in [0, 0.05) is 17.9 Å². The number of rotatable bonds is 7. The number of thiophene rings is 1. The molecule has 0 spiro atoms. The highest BCUT2D eigenvalue weighted by molar-refractivity contribution is 7.85. The fraction of sp³-hybridized carbons (Fsp3) is 0.357. The molecule has 2 aromatic heterocycles. The second-order valence-electron chi connectivity index (χ2n) is 4.32. The van der Waals surface area contributed by atoms with Gasteiger partial charge in [-0.1, -0.05) is 6.07 Å². The number of H-pyrrole nitrogens is 1. The van der Waals surface area contributed by atoms with Gasteiger partial charge in [0.2, 0.25) is 0 Å². The molecule has 5 nitrogen and oxygen atoms in total. The Bertz CT molecular complexity index is 530. The zero-order valence-electron chi connectivity index (χ0n) is 11.7. The van der Waals surface area contributed by atoms with Crippen molar-refractivity contribution < 1.29 is 18.0 Å². The van der Waals surface area contributed by atoms with E-state index in [1.807, 2.05) is 36.0 Å². The van der Waals surface area contributed by atoms with Crippen molar-refractivity contribution in [3.63, 3.8) is 0 Å². The molecule has 7 heteroatoms. The molecule has 0 unspecified atom stereocenters. The van der Waals surface area contributed by atoms with Crippen LogP contribution in [0.15, 0.2) is 47.4 Å². The van der Waals surface area contributed by atoms with Crippen LogP contribution in [0.25, 0.3) is 0 Å². The minimum absolute atomic E-state index is 0.279. The normalized spacial score (nSPS) is 10.7. The molecule has 116 valence electrons. The summed E-state index contributed by atoms with van der Waals surface area (Å²) in [5.74, 6) is -0.279. The first-order chi connectivity index (χ1) is 10.1. The summed E-state index contributed by atoms with van der Waals surface area (Å²) in [6.07, 6.45) is 5.07. The lowest BCUT2D eigenvalue weighted by atomic mass is 10.2. The summed E-state index contributed by atoms with van der Waals surface area (Å²) in [6.45, 7) is 1.39. The maximum absolute atomic E-state index is 10.3. The van der Waals surface area contributed by atoms with Crippen molar-refractivity contribution in [2.45, 2.75) is 12.8 Å². The molecule has 21 heavy (non-hydrogen) atoms. The van der Waals surface area contributed by atoms with E-state index in [0.29, 0.717) is 13.0 Å². The van der Waals surface area contributed by atoms with Crippen LogP contribution in [0.5, 0.6) is 0 Å². The summed E-state index contributed by atoms with van der Waals surface area (Å²) in [5.41, 5.74) is 1.28. The van der Waals surface area contributed by atoms with E-state index in [9.17, 15) is 13.0 Å². The molecule has 2 rings (SSSR count). The minimum Gasteiger partial charge on any atom is -0.748 e. The van der Waals surface area contributed by atoms with Crippen molar-refractivity contribution in [1.29, 1.82) is 0 Å². The van der Waals surface area contributed by atoms with E-state index < -0.39 is 10.1 Å². The third kappa shape index (κ3) is 11.1. The van der Waals surface area contributed by atoms with Gasteiger partial charge in [0.1, 0.15) is 0 Å². The number of pyridine rings is 1. The van der Waals surface area contributed by atoms with E-state index >= 15 is 0 Å². The predicted molar refractivity (Wildman–Crippen MR) is 83.1 cm³/mol. The van der Waals surface area contributed by atoms with Gasteiger partial charge < -0.3 is 9.87 Å². The van der Waals surface area contributed by atoms with Crippen LogP contribution in [0.4, 0.5) is 0 Å². The summed E-state index contributed by atoms with van der Waals surface area (Å²) >= 11 is 1.66. The lowest BCUT2D eigenvalue weighted by molar-refractivity contribution is -0.377. The maximum Gasteiger partial charge on any atom is 0.166 e. The Morgan fingerprint density at radius 1 is 1.19 bits per heavy atom. The van der Waals surface area contributed by atoms with Crippen LogP contribution in [0.3, 0.4) is 0 Å². The Hall–Kier alpha value is -1.28. The lowest BCUT2D eigenvalue weighted by Crippen LogP contribution is -2.20. The number of aromatic nitrogens is 1. The molecule has 0 bridgehead atoms. The molecule has 2 aromatic rings. The molecular formula is C14H20N2O3S2. The highest BCUT2D eigenvalue weighted by atomic mass is 32.2. The van der Waals surface area contributed by atoms with E-state index in [4.69, 9.17) is 0 Å². The molecule has 0 amide bonds. The maximum atomic E-state index is 10.3. The van der Waals surface area contributed by atoms with Gasteiger partial charge in [-0.15, -0.1) is 0 Å². The smallest absolute Gasteiger partial charge is 0.166 e. The van der Waals surface area contributed by atoms with Crippen molar-refractivity contribution in [3.8, 4) is 0 Å². The summed E-state index contributed by atoms with van der Waals surface area (Å²) < 4.78 is 30.8. The van der Waals surface area contributed by atoms with Crippen molar-refractivity contribution in [1.82, 2.24) is 5.32 Å². The van der Waals surface area contributed by atoms with Crippen molar-refractivity contribution in [3.05, 3.63) is 53.0 Å². The first kappa shape index (κ1) is 17.8. The predicted octanol–water partition coefficient (Wildman–Crippen LogP) is 1.32. The number of hydrogen-bond donors (Lipinski definition) is 1. The zero-order valence-corrected chi connectivity index (χ0v) is 13.3. The average Bonchev–Trinajstić information content (AvgIpc) is 2.97. The van der Waals surface area contributed by atoms with Crippen LogP contribution in [0.1, 0.15) is 12.0 Å². The van der Waals surface area contributed by atoms with Crippen molar-refractivity contribution >= 4 is 21.5 Å². The zero-order chi connectivity index (χ0) is 15.4. The molecule has 0 radical (unpaired) electrons.